The number of carbonyl (C=O) groups excluding carboxylic acids is 2. The first-order valence-electron chi connectivity index (χ1n) is 9.82. The molecule has 2 aromatic rings. The molecule has 1 N–H and O–H groups in total. The number of benzene rings is 2. The summed E-state index contributed by atoms with van der Waals surface area (Å²) in [7, 11) is 0. The maximum Gasteiger partial charge on any atom is 0.229 e. The summed E-state index contributed by atoms with van der Waals surface area (Å²) >= 11 is 3.44. The third kappa shape index (κ3) is 4.22. The molecule has 4 rings (SSSR count). The molecule has 0 aromatic heterocycles. The second kappa shape index (κ2) is 8.35. The number of hydrogen-bond acceptors (Lipinski definition) is 3. The van der Waals surface area contributed by atoms with Gasteiger partial charge in [0.1, 0.15) is 0 Å². The summed E-state index contributed by atoms with van der Waals surface area (Å²) in [5, 5.41) is 3.01. The van der Waals surface area contributed by atoms with Crippen LogP contribution in [0.4, 0.5) is 17.1 Å². The summed E-state index contributed by atoms with van der Waals surface area (Å²) < 4.78 is 0.917. The highest BCUT2D eigenvalue weighted by molar-refractivity contribution is 9.10. The minimum absolute atomic E-state index is 0.0136. The third-order valence-electron chi connectivity index (χ3n) is 5.45. The molecule has 2 saturated heterocycles. The van der Waals surface area contributed by atoms with E-state index in [1.807, 2.05) is 42.5 Å². The second-order valence-corrected chi connectivity index (χ2v) is 8.39. The van der Waals surface area contributed by atoms with E-state index in [-0.39, 0.29) is 24.2 Å². The van der Waals surface area contributed by atoms with Crippen molar-refractivity contribution in [2.45, 2.75) is 25.7 Å². The van der Waals surface area contributed by atoms with E-state index in [4.69, 9.17) is 0 Å². The molecule has 28 heavy (non-hydrogen) atoms. The highest BCUT2D eigenvalue weighted by atomic mass is 79.9. The van der Waals surface area contributed by atoms with Crippen molar-refractivity contribution in [2.24, 2.45) is 5.92 Å². The van der Waals surface area contributed by atoms with Crippen molar-refractivity contribution in [1.29, 1.82) is 0 Å². The molecule has 1 unspecified atom stereocenters. The first kappa shape index (κ1) is 19.0. The van der Waals surface area contributed by atoms with Crippen LogP contribution in [-0.2, 0) is 9.59 Å². The van der Waals surface area contributed by atoms with Crippen molar-refractivity contribution < 1.29 is 9.59 Å². The van der Waals surface area contributed by atoms with Crippen molar-refractivity contribution in [3.8, 4) is 0 Å². The van der Waals surface area contributed by atoms with Crippen LogP contribution in [0, 0.1) is 5.92 Å². The molecule has 0 spiro atoms. The van der Waals surface area contributed by atoms with E-state index < -0.39 is 0 Å². The molecule has 2 fully saturated rings. The van der Waals surface area contributed by atoms with E-state index >= 15 is 0 Å². The van der Waals surface area contributed by atoms with Gasteiger partial charge in [0.15, 0.2) is 0 Å². The van der Waals surface area contributed by atoms with Gasteiger partial charge in [-0.25, -0.2) is 0 Å². The molecular formula is C22H24BrN3O2. The van der Waals surface area contributed by atoms with Crippen molar-refractivity contribution in [3.63, 3.8) is 0 Å². The summed E-state index contributed by atoms with van der Waals surface area (Å²) in [5.41, 5.74) is 2.76. The lowest BCUT2D eigenvalue weighted by Crippen LogP contribution is -2.30. The molecule has 2 amide bonds. The Balaban J connectivity index is 1.42. The fraction of sp³-hybridized carbons (Fsp3) is 0.364. The van der Waals surface area contributed by atoms with Crippen molar-refractivity contribution in [3.05, 3.63) is 53.0 Å². The first-order valence-corrected chi connectivity index (χ1v) is 10.6. The van der Waals surface area contributed by atoms with Gasteiger partial charge < -0.3 is 15.1 Å². The Morgan fingerprint density at radius 2 is 1.75 bits per heavy atom. The van der Waals surface area contributed by atoms with Gasteiger partial charge in [0.25, 0.3) is 0 Å². The van der Waals surface area contributed by atoms with Crippen LogP contribution < -0.4 is 15.1 Å². The predicted octanol–water partition coefficient (Wildman–Crippen LogP) is 4.43. The van der Waals surface area contributed by atoms with Crippen LogP contribution in [0.3, 0.4) is 0 Å². The maximum absolute atomic E-state index is 12.8. The Morgan fingerprint density at radius 1 is 1.00 bits per heavy atom. The van der Waals surface area contributed by atoms with E-state index in [0.717, 1.165) is 34.6 Å². The van der Waals surface area contributed by atoms with Crippen LogP contribution in [0.5, 0.6) is 0 Å². The quantitative estimate of drug-likeness (QED) is 0.763. The molecule has 1 atom stereocenters. The fourth-order valence-corrected chi connectivity index (χ4v) is 4.34. The van der Waals surface area contributed by atoms with Crippen LogP contribution in [-0.4, -0.2) is 31.4 Å². The van der Waals surface area contributed by atoms with Gasteiger partial charge in [-0.2, -0.15) is 0 Å². The number of nitrogens with zero attached hydrogens (tertiary/aromatic N) is 2. The predicted molar refractivity (Wildman–Crippen MR) is 116 cm³/mol. The molecule has 0 aliphatic carbocycles. The van der Waals surface area contributed by atoms with E-state index in [1.54, 1.807) is 4.90 Å². The molecule has 5 nitrogen and oxygen atoms in total. The lowest BCUT2D eigenvalue weighted by Gasteiger charge is -2.29. The molecular weight excluding hydrogens is 418 g/mol. The Hall–Kier alpha value is -2.34. The zero-order valence-corrected chi connectivity index (χ0v) is 17.3. The zero-order valence-electron chi connectivity index (χ0n) is 15.7. The standard InChI is InChI=1S/C22H24BrN3O2/c23-17-6-4-9-20(13-17)26-15-16(12-21(26)27)22(28)24-18-7-5-8-19(14-18)25-10-2-1-3-11-25/h4-9,13-14,16H,1-3,10-12,15H2,(H,24,28). The van der Waals surface area contributed by atoms with Crippen molar-refractivity contribution in [2.75, 3.05) is 34.8 Å². The highest BCUT2D eigenvalue weighted by Gasteiger charge is 2.35. The molecule has 0 bridgehead atoms. The monoisotopic (exact) mass is 441 g/mol. The summed E-state index contributed by atoms with van der Waals surface area (Å²) in [6.45, 7) is 2.54. The van der Waals surface area contributed by atoms with Gasteiger partial charge in [0.05, 0.1) is 5.92 Å². The Bertz CT molecular complexity index is 880. The smallest absolute Gasteiger partial charge is 0.229 e. The molecule has 2 aromatic carbocycles. The lowest BCUT2D eigenvalue weighted by atomic mass is 10.1. The van der Waals surface area contributed by atoms with E-state index in [1.165, 1.54) is 19.3 Å². The molecule has 2 aliphatic rings. The van der Waals surface area contributed by atoms with Crippen LogP contribution in [0.25, 0.3) is 0 Å². The summed E-state index contributed by atoms with van der Waals surface area (Å²) in [5.74, 6) is -0.452. The van der Waals surface area contributed by atoms with Gasteiger partial charge in [0, 0.05) is 47.6 Å². The highest BCUT2D eigenvalue weighted by Crippen LogP contribution is 2.29. The van der Waals surface area contributed by atoms with Crippen LogP contribution in [0.15, 0.2) is 53.0 Å². The number of anilines is 3. The fourth-order valence-electron chi connectivity index (χ4n) is 3.95. The second-order valence-electron chi connectivity index (χ2n) is 7.47. The third-order valence-corrected chi connectivity index (χ3v) is 5.94. The molecule has 2 heterocycles. The van der Waals surface area contributed by atoms with Gasteiger partial charge in [-0.1, -0.05) is 28.1 Å². The number of amides is 2. The number of halogens is 1. The Morgan fingerprint density at radius 3 is 2.54 bits per heavy atom. The van der Waals surface area contributed by atoms with Crippen LogP contribution in [0.2, 0.25) is 0 Å². The molecule has 146 valence electrons. The minimum Gasteiger partial charge on any atom is -0.371 e. The largest absolute Gasteiger partial charge is 0.371 e. The normalized spacial score (nSPS) is 19.8. The van der Waals surface area contributed by atoms with Gasteiger partial charge in [0.2, 0.25) is 11.8 Å². The number of piperidine rings is 1. The molecule has 0 saturated carbocycles. The minimum atomic E-state index is -0.342. The zero-order chi connectivity index (χ0) is 19.5. The topological polar surface area (TPSA) is 52.7 Å². The van der Waals surface area contributed by atoms with Crippen molar-refractivity contribution in [1.82, 2.24) is 0 Å². The Labute approximate surface area is 173 Å². The summed E-state index contributed by atoms with van der Waals surface area (Å²) in [6.07, 6.45) is 3.96. The average Bonchev–Trinajstić information content (AvgIpc) is 3.11. The Kier molecular flexibility index (Phi) is 5.67. The number of nitrogens with one attached hydrogen (secondary N) is 1. The summed E-state index contributed by atoms with van der Waals surface area (Å²) in [4.78, 5) is 29.3. The van der Waals surface area contributed by atoms with Gasteiger partial charge in [-0.15, -0.1) is 0 Å². The van der Waals surface area contributed by atoms with Crippen molar-refractivity contribution >= 4 is 44.8 Å². The van der Waals surface area contributed by atoms with Gasteiger partial charge >= 0.3 is 0 Å². The molecule has 0 radical (unpaired) electrons. The number of hydrogen-bond donors (Lipinski definition) is 1. The van der Waals surface area contributed by atoms with Gasteiger partial charge in [-0.3, -0.25) is 9.59 Å². The van der Waals surface area contributed by atoms with E-state index in [0.29, 0.717) is 6.54 Å². The maximum atomic E-state index is 12.8. The van der Waals surface area contributed by atoms with E-state index in [2.05, 4.69) is 32.2 Å². The van der Waals surface area contributed by atoms with Gasteiger partial charge in [-0.05, 0) is 55.7 Å². The average molecular weight is 442 g/mol. The SMILES string of the molecule is O=C(Nc1cccc(N2CCCCC2)c1)C1CC(=O)N(c2cccc(Br)c2)C1. The van der Waals surface area contributed by atoms with Crippen LogP contribution in [0.1, 0.15) is 25.7 Å². The lowest BCUT2D eigenvalue weighted by molar-refractivity contribution is -0.122. The number of carbonyl (C=O) groups is 2. The van der Waals surface area contributed by atoms with E-state index in [9.17, 15) is 9.59 Å². The summed E-state index contributed by atoms with van der Waals surface area (Å²) in [6, 6.07) is 15.6. The number of rotatable bonds is 4. The molecule has 2 aliphatic heterocycles. The molecule has 6 heteroatoms. The van der Waals surface area contributed by atoms with Crippen LogP contribution >= 0.6 is 15.9 Å². The first-order chi connectivity index (χ1) is 13.6.